The molecule has 5 nitrogen and oxygen atoms in total. The summed E-state index contributed by atoms with van der Waals surface area (Å²) in [6, 6.07) is 8.45. The molecule has 1 spiro atoms. The van der Waals surface area contributed by atoms with Gasteiger partial charge in [-0.15, -0.1) is 0 Å². The number of aromatic amines is 1. The summed E-state index contributed by atoms with van der Waals surface area (Å²) in [5.41, 5.74) is 3.65. The molecule has 0 amide bonds. The predicted octanol–water partition coefficient (Wildman–Crippen LogP) is 3.65. The maximum Gasteiger partial charge on any atom is 0.0762 e. The summed E-state index contributed by atoms with van der Waals surface area (Å²) in [6.45, 7) is 4.67. The summed E-state index contributed by atoms with van der Waals surface area (Å²) < 4.78 is 6.32. The molecule has 1 saturated carbocycles. The van der Waals surface area contributed by atoms with Crippen molar-refractivity contribution < 1.29 is 4.74 Å². The smallest absolute Gasteiger partial charge is 0.0762 e. The van der Waals surface area contributed by atoms with Gasteiger partial charge in [0.1, 0.15) is 0 Å². The van der Waals surface area contributed by atoms with Gasteiger partial charge in [-0.25, -0.2) is 0 Å². The van der Waals surface area contributed by atoms with Gasteiger partial charge in [0.2, 0.25) is 0 Å². The highest BCUT2D eigenvalue weighted by Gasteiger charge is 2.48. The molecule has 0 aromatic carbocycles. The Morgan fingerprint density at radius 2 is 2.12 bits per heavy atom. The zero-order chi connectivity index (χ0) is 17.9. The highest BCUT2D eigenvalue weighted by atomic mass is 16.5. The van der Waals surface area contributed by atoms with Crippen molar-refractivity contribution in [2.45, 2.75) is 69.4 Å². The third-order valence-corrected chi connectivity index (χ3v) is 6.22. The van der Waals surface area contributed by atoms with E-state index in [2.05, 4.69) is 33.7 Å². The van der Waals surface area contributed by atoms with Gasteiger partial charge in [-0.05, 0) is 63.8 Å². The summed E-state index contributed by atoms with van der Waals surface area (Å²) in [6.07, 6.45) is 10.2. The van der Waals surface area contributed by atoms with Crippen LogP contribution in [0.1, 0.15) is 62.0 Å². The van der Waals surface area contributed by atoms with Gasteiger partial charge >= 0.3 is 0 Å². The van der Waals surface area contributed by atoms with Crippen LogP contribution in [0.5, 0.6) is 0 Å². The number of aromatic nitrogens is 3. The normalized spacial score (nSPS) is 25.0. The van der Waals surface area contributed by atoms with Gasteiger partial charge in [-0.3, -0.25) is 10.1 Å². The zero-order valence-electron chi connectivity index (χ0n) is 15.8. The van der Waals surface area contributed by atoms with E-state index < -0.39 is 0 Å². The van der Waals surface area contributed by atoms with Gasteiger partial charge in [-0.2, -0.15) is 5.10 Å². The van der Waals surface area contributed by atoms with Crippen molar-refractivity contribution in [3.63, 3.8) is 0 Å². The minimum atomic E-state index is 0.0923. The van der Waals surface area contributed by atoms with Crippen LogP contribution in [0.15, 0.2) is 30.5 Å². The highest BCUT2D eigenvalue weighted by Crippen LogP contribution is 2.49. The van der Waals surface area contributed by atoms with Crippen LogP contribution < -0.4 is 5.32 Å². The van der Waals surface area contributed by atoms with Crippen molar-refractivity contribution in [3.8, 4) is 0 Å². The van der Waals surface area contributed by atoms with E-state index >= 15 is 0 Å². The lowest BCUT2D eigenvalue weighted by molar-refractivity contribution is -0.104. The SMILES string of the molecule is Cc1cc(CNCC[C@]2(c3ccccn3)CCOC3(CCCC3)C2)n[nH]1. The molecule has 2 fully saturated rings. The highest BCUT2D eigenvalue weighted by molar-refractivity contribution is 5.20. The quantitative estimate of drug-likeness (QED) is 0.777. The Balaban J connectivity index is 1.46. The Morgan fingerprint density at radius 1 is 1.23 bits per heavy atom. The number of aryl methyl sites for hydroxylation is 1. The minimum Gasteiger partial charge on any atom is -0.375 e. The van der Waals surface area contributed by atoms with Crippen molar-refractivity contribution in [1.82, 2.24) is 20.5 Å². The first-order chi connectivity index (χ1) is 12.7. The van der Waals surface area contributed by atoms with Crippen LogP contribution in [0.4, 0.5) is 0 Å². The number of rotatable bonds is 6. The number of pyridine rings is 1. The van der Waals surface area contributed by atoms with Gasteiger partial charge in [-0.1, -0.05) is 18.9 Å². The standard InChI is InChI=1S/C21H30N4O/c1-17-14-18(25-24-17)15-22-12-9-20(19-6-2-5-11-23-19)10-13-26-21(16-20)7-3-4-8-21/h2,5-6,11,14,22H,3-4,7-10,12-13,15-16H2,1H3,(H,24,25)/t20-/m0/s1. The van der Waals surface area contributed by atoms with Crippen LogP contribution in [0.3, 0.4) is 0 Å². The first kappa shape index (κ1) is 17.7. The van der Waals surface area contributed by atoms with Crippen molar-refractivity contribution in [2.24, 2.45) is 0 Å². The molecule has 140 valence electrons. The van der Waals surface area contributed by atoms with E-state index in [1.807, 2.05) is 19.2 Å². The number of nitrogens with one attached hydrogen (secondary N) is 2. The lowest BCUT2D eigenvalue weighted by Crippen LogP contribution is -2.47. The molecular formula is C21H30N4O. The second-order valence-corrected chi connectivity index (χ2v) is 8.13. The topological polar surface area (TPSA) is 62.8 Å². The van der Waals surface area contributed by atoms with Crippen LogP contribution in [0.2, 0.25) is 0 Å². The maximum atomic E-state index is 6.32. The first-order valence-corrected chi connectivity index (χ1v) is 9.97. The van der Waals surface area contributed by atoms with Gasteiger partial charge in [0, 0.05) is 36.2 Å². The maximum absolute atomic E-state index is 6.32. The van der Waals surface area contributed by atoms with Crippen LogP contribution in [0.25, 0.3) is 0 Å². The van der Waals surface area contributed by atoms with E-state index in [1.165, 1.54) is 31.4 Å². The second-order valence-electron chi connectivity index (χ2n) is 8.13. The van der Waals surface area contributed by atoms with Gasteiger partial charge in [0.15, 0.2) is 0 Å². The first-order valence-electron chi connectivity index (χ1n) is 9.97. The van der Waals surface area contributed by atoms with Crippen LogP contribution in [-0.2, 0) is 16.7 Å². The molecule has 0 radical (unpaired) electrons. The molecule has 0 unspecified atom stereocenters. The fraction of sp³-hybridized carbons (Fsp3) is 0.619. The molecule has 1 atom stereocenters. The van der Waals surface area contributed by atoms with Gasteiger partial charge in [0.05, 0.1) is 11.3 Å². The van der Waals surface area contributed by atoms with Gasteiger partial charge < -0.3 is 10.1 Å². The Hall–Kier alpha value is -1.72. The second kappa shape index (κ2) is 7.49. The largest absolute Gasteiger partial charge is 0.375 e. The van der Waals surface area contributed by atoms with Crippen molar-refractivity contribution in [1.29, 1.82) is 0 Å². The summed E-state index contributed by atoms with van der Waals surface area (Å²) in [5, 5.41) is 10.9. The molecule has 2 aromatic heterocycles. The molecule has 1 aliphatic carbocycles. The monoisotopic (exact) mass is 354 g/mol. The Bertz CT molecular complexity index is 708. The molecule has 2 N–H and O–H groups in total. The number of ether oxygens (including phenoxy) is 1. The van der Waals surface area contributed by atoms with E-state index in [9.17, 15) is 0 Å². The average Bonchev–Trinajstić information content (AvgIpc) is 3.29. The zero-order valence-corrected chi connectivity index (χ0v) is 15.8. The lowest BCUT2D eigenvalue weighted by atomic mass is 9.68. The van der Waals surface area contributed by atoms with Crippen molar-refractivity contribution in [3.05, 3.63) is 47.5 Å². The summed E-state index contributed by atoms with van der Waals surface area (Å²) in [4.78, 5) is 4.77. The fourth-order valence-electron chi connectivity index (χ4n) is 4.91. The Morgan fingerprint density at radius 3 is 2.85 bits per heavy atom. The molecule has 3 heterocycles. The minimum absolute atomic E-state index is 0.0923. The number of hydrogen-bond acceptors (Lipinski definition) is 4. The Labute approximate surface area is 156 Å². The Kier molecular flexibility index (Phi) is 5.09. The molecule has 0 bridgehead atoms. The van der Waals surface area contributed by atoms with Crippen molar-refractivity contribution >= 4 is 0 Å². The molecule has 2 aliphatic rings. The molecule has 4 rings (SSSR count). The van der Waals surface area contributed by atoms with Crippen molar-refractivity contribution in [2.75, 3.05) is 13.2 Å². The van der Waals surface area contributed by atoms with Crippen LogP contribution >= 0.6 is 0 Å². The molecule has 26 heavy (non-hydrogen) atoms. The summed E-state index contributed by atoms with van der Waals surface area (Å²) in [7, 11) is 0. The van der Waals surface area contributed by atoms with Gasteiger partial charge in [0.25, 0.3) is 0 Å². The third-order valence-electron chi connectivity index (χ3n) is 6.22. The van der Waals surface area contributed by atoms with E-state index in [-0.39, 0.29) is 11.0 Å². The average molecular weight is 354 g/mol. The van der Waals surface area contributed by atoms with E-state index in [1.54, 1.807) is 0 Å². The number of H-pyrrole nitrogens is 1. The summed E-state index contributed by atoms with van der Waals surface area (Å²) >= 11 is 0. The predicted molar refractivity (Wildman–Crippen MR) is 102 cm³/mol. The van der Waals surface area contributed by atoms with Crippen LogP contribution in [-0.4, -0.2) is 33.9 Å². The molecule has 5 heteroatoms. The molecule has 2 aromatic rings. The van der Waals surface area contributed by atoms with E-state index in [4.69, 9.17) is 9.72 Å². The van der Waals surface area contributed by atoms with E-state index in [0.29, 0.717) is 0 Å². The molecular weight excluding hydrogens is 324 g/mol. The number of hydrogen-bond donors (Lipinski definition) is 2. The third kappa shape index (κ3) is 3.69. The molecule has 1 aliphatic heterocycles. The number of nitrogens with zero attached hydrogens (tertiary/aromatic N) is 2. The summed E-state index contributed by atoms with van der Waals surface area (Å²) in [5.74, 6) is 0. The fourth-order valence-corrected chi connectivity index (χ4v) is 4.91. The lowest BCUT2D eigenvalue weighted by Gasteiger charge is -2.46. The van der Waals surface area contributed by atoms with Crippen LogP contribution in [0, 0.1) is 6.92 Å². The van der Waals surface area contributed by atoms with E-state index in [0.717, 1.165) is 50.3 Å². The molecule has 1 saturated heterocycles.